The van der Waals surface area contributed by atoms with Crippen molar-refractivity contribution in [2.75, 3.05) is 27.3 Å². The highest BCUT2D eigenvalue weighted by molar-refractivity contribution is 5.91. The molecule has 0 radical (unpaired) electrons. The molecule has 1 aliphatic heterocycles. The van der Waals surface area contributed by atoms with E-state index in [1.54, 1.807) is 38.6 Å². The van der Waals surface area contributed by atoms with E-state index >= 15 is 0 Å². The molecule has 1 amide bonds. The number of carbonyl (C=O) groups is 1. The van der Waals surface area contributed by atoms with Crippen LogP contribution in [-0.4, -0.2) is 43.1 Å². The van der Waals surface area contributed by atoms with Crippen LogP contribution >= 0.6 is 0 Å². The van der Waals surface area contributed by atoms with Crippen molar-refractivity contribution in [3.63, 3.8) is 0 Å². The molecule has 114 valence electrons. The molecule has 0 bridgehead atoms. The van der Waals surface area contributed by atoms with Gasteiger partial charge in [0.05, 0.1) is 26.1 Å². The number of methoxy groups -OCH3 is 2. The van der Waals surface area contributed by atoms with Crippen LogP contribution in [0.15, 0.2) is 18.3 Å². The smallest absolute Gasteiger partial charge is 0.246 e. The molecule has 1 saturated heterocycles. The Morgan fingerprint density at radius 1 is 1.14 bits per heavy atom. The highest BCUT2D eigenvalue weighted by atomic mass is 16.5. The van der Waals surface area contributed by atoms with Gasteiger partial charge in [0.25, 0.3) is 0 Å². The van der Waals surface area contributed by atoms with Crippen molar-refractivity contribution in [1.82, 2.24) is 9.88 Å². The molecular formula is C16H22N2O3. The predicted octanol–water partition coefficient (Wildman–Crippen LogP) is 2.51. The van der Waals surface area contributed by atoms with Crippen molar-refractivity contribution in [1.29, 1.82) is 0 Å². The van der Waals surface area contributed by atoms with Crippen LogP contribution in [0.2, 0.25) is 0 Å². The zero-order chi connectivity index (χ0) is 15.1. The van der Waals surface area contributed by atoms with Gasteiger partial charge in [-0.1, -0.05) is 12.8 Å². The fourth-order valence-corrected chi connectivity index (χ4v) is 2.40. The van der Waals surface area contributed by atoms with Crippen LogP contribution in [0.5, 0.6) is 11.5 Å². The summed E-state index contributed by atoms with van der Waals surface area (Å²) >= 11 is 0. The van der Waals surface area contributed by atoms with Gasteiger partial charge in [-0.25, -0.2) is 0 Å². The second-order valence-corrected chi connectivity index (χ2v) is 5.04. The van der Waals surface area contributed by atoms with Crippen molar-refractivity contribution in [3.05, 3.63) is 24.0 Å². The second-order valence-electron chi connectivity index (χ2n) is 5.04. The first-order valence-electron chi connectivity index (χ1n) is 7.29. The molecule has 0 aliphatic carbocycles. The minimum atomic E-state index is 0.0495. The molecule has 0 atom stereocenters. The number of ether oxygens (including phenoxy) is 2. The van der Waals surface area contributed by atoms with Gasteiger partial charge < -0.3 is 14.4 Å². The Morgan fingerprint density at radius 2 is 1.81 bits per heavy atom. The maximum Gasteiger partial charge on any atom is 0.246 e. The fraction of sp³-hybridized carbons (Fsp3) is 0.500. The number of nitrogens with zero attached hydrogens (tertiary/aromatic N) is 2. The molecule has 1 aliphatic rings. The zero-order valence-corrected chi connectivity index (χ0v) is 12.7. The molecule has 5 nitrogen and oxygen atoms in total. The summed E-state index contributed by atoms with van der Waals surface area (Å²) in [6.45, 7) is 1.70. The lowest BCUT2D eigenvalue weighted by molar-refractivity contribution is -0.125. The zero-order valence-electron chi connectivity index (χ0n) is 12.7. The SMILES string of the molecule is COc1cnc(/C=C/C(=O)N2CCCCCC2)cc1OC. The van der Waals surface area contributed by atoms with Crippen LogP contribution in [0.25, 0.3) is 6.08 Å². The molecule has 1 fully saturated rings. The number of aromatic nitrogens is 1. The number of pyridine rings is 1. The van der Waals surface area contributed by atoms with Crippen LogP contribution < -0.4 is 9.47 Å². The van der Waals surface area contributed by atoms with Crippen molar-refractivity contribution in [2.45, 2.75) is 25.7 Å². The predicted molar refractivity (Wildman–Crippen MR) is 81.4 cm³/mol. The van der Waals surface area contributed by atoms with Crippen molar-refractivity contribution in [2.24, 2.45) is 0 Å². The molecule has 0 spiro atoms. The van der Waals surface area contributed by atoms with Crippen LogP contribution in [0, 0.1) is 0 Å². The first-order chi connectivity index (χ1) is 10.2. The van der Waals surface area contributed by atoms with Gasteiger partial charge in [-0.2, -0.15) is 0 Å². The lowest BCUT2D eigenvalue weighted by atomic mass is 10.2. The molecule has 1 aromatic heterocycles. The van der Waals surface area contributed by atoms with E-state index in [2.05, 4.69) is 4.98 Å². The lowest BCUT2D eigenvalue weighted by Crippen LogP contribution is -2.30. The summed E-state index contributed by atoms with van der Waals surface area (Å²) in [7, 11) is 3.14. The summed E-state index contributed by atoms with van der Waals surface area (Å²) in [6.07, 6.45) is 9.50. The largest absolute Gasteiger partial charge is 0.493 e. The number of likely N-dealkylation sites (tertiary alicyclic amines) is 1. The second kappa shape index (κ2) is 7.67. The molecule has 2 rings (SSSR count). The molecule has 2 heterocycles. The third kappa shape index (κ3) is 4.21. The summed E-state index contributed by atoms with van der Waals surface area (Å²) in [4.78, 5) is 18.3. The van der Waals surface area contributed by atoms with Crippen molar-refractivity contribution >= 4 is 12.0 Å². The van der Waals surface area contributed by atoms with E-state index in [0.717, 1.165) is 25.9 Å². The first-order valence-corrected chi connectivity index (χ1v) is 7.29. The summed E-state index contributed by atoms with van der Waals surface area (Å²) in [5.41, 5.74) is 0.677. The van der Waals surface area contributed by atoms with Gasteiger partial charge in [0.1, 0.15) is 0 Å². The van der Waals surface area contributed by atoms with Crippen molar-refractivity contribution in [3.8, 4) is 11.5 Å². The quantitative estimate of drug-likeness (QED) is 0.800. The van der Waals surface area contributed by atoms with E-state index in [4.69, 9.17) is 9.47 Å². The molecule has 1 aromatic rings. The van der Waals surface area contributed by atoms with Gasteiger partial charge in [-0.15, -0.1) is 0 Å². The number of rotatable bonds is 4. The van der Waals surface area contributed by atoms with E-state index in [1.807, 2.05) is 4.90 Å². The average Bonchev–Trinajstić information content (AvgIpc) is 2.81. The van der Waals surface area contributed by atoms with Gasteiger partial charge in [-0.3, -0.25) is 9.78 Å². The van der Waals surface area contributed by atoms with Crippen LogP contribution in [0.3, 0.4) is 0 Å². The summed E-state index contributed by atoms with van der Waals surface area (Å²) in [5, 5.41) is 0. The van der Waals surface area contributed by atoms with Crippen LogP contribution in [0.1, 0.15) is 31.4 Å². The standard InChI is InChI=1S/C16H22N2O3/c1-20-14-11-13(17-12-15(14)21-2)7-8-16(19)18-9-5-3-4-6-10-18/h7-8,11-12H,3-6,9-10H2,1-2H3/b8-7+. The Kier molecular flexibility index (Phi) is 5.60. The molecule has 5 heteroatoms. The third-order valence-electron chi connectivity index (χ3n) is 3.61. The molecule has 0 N–H and O–H groups in total. The topological polar surface area (TPSA) is 51.7 Å². The van der Waals surface area contributed by atoms with E-state index in [-0.39, 0.29) is 5.91 Å². The number of hydrogen-bond acceptors (Lipinski definition) is 4. The Bertz CT molecular complexity index is 506. The van der Waals surface area contributed by atoms with E-state index in [0.29, 0.717) is 17.2 Å². The van der Waals surface area contributed by atoms with E-state index in [1.165, 1.54) is 12.8 Å². The molecule has 0 unspecified atom stereocenters. The van der Waals surface area contributed by atoms with Gasteiger partial charge in [0, 0.05) is 25.2 Å². The maximum atomic E-state index is 12.2. The minimum Gasteiger partial charge on any atom is -0.493 e. The molecule has 0 aromatic carbocycles. The van der Waals surface area contributed by atoms with E-state index in [9.17, 15) is 4.79 Å². The van der Waals surface area contributed by atoms with Gasteiger partial charge >= 0.3 is 0 Å². The Balaban J connectivity index is 2.04. The van der Waals surface area contributed by atoms with Crippen LogP contribution in [-0.2, 0) is 4.79 Å². The lowest BCUT2D eigenvalue weighted by Gasteiger charge is -2.17. The normalized spacial score (nSPS) is 15.8. The summed E-state index contributed by atoms with van der Waals surface area (Å²) in [5.74, 6) is 1.23. The number of carbonyl (C=O) groups excluding carboxylic acids is 1. The van der Waals surface area contributed by atoms with Gasteiger partial charge in [0.2, 0.25) is 5.91 Å². The fourth-order valence-electron chi connectivity index (χ4n) is 2.40. The molecular weight excluding hydrogens is 268 g/mol. The Morgan fingerprint density at radius 3 is 2.43 bits per heavy atom. The van der Waals surface area contributed by atoms with E-state index < -0.39 is 0 Å². The molecule has 21 heavy (non-hydrogen) atoms. The monoisotopic (exact) mass is 290 g/mol. The average molecular weight is 290 g/mol. The number of hydrogen-bond donors (Lipinski definition) is 0. The van der Waals surface area contributed by atoms with Gasteiger partial charge in [0.15, 0.2) is 11.5 Å². The Hall–Kier alpha value is -2.04. The maximum absolute atomic E-state index is 12.2. The molecule has 0 saturated carbocycles. The highest BCUT2D eigenvalue weighted by Gasteiger charge is 2.13. The minimum absolute atomic E-state index is 0.0495. The summed E-state index contributed by atoms with van der Waals surface area (Å²) in [6, 6.07) is 1.75. The third-order valence-corrected chi connectivity index (χ3v) is 3.61. The number of amides is 1. The van der Waals surface area contributed by atoms with Crippen LogP contribution in [0.4, 0.5) is 0 Å². The summed E-state index contributed by atoms with van der Waals surface area (Å²) < 4.78 is 10.4. The first kappa shape index (κ1) is 15.4. The highest BCUT2D eigenvalue weighted by Crippen LogP contribution is 2.26. The van der Waals surface area contributed by atoms with Crippen molar-refractivity contribution < 1.29 is 14.3 Å². The Labute approximate surface area is 125 Å². The van der Waals surface area contributed by atoms with Gasteiger partial charge in [-0.05, 0) is 18.9 Å².